The van der Waals surface area contributed by atoms with Crippen LogP contribution in [0.4, 0.5) is 0 Å². The van der Waals surface area contributed by atoms with Crippen LogP contribution in [0.1, 0.15) is 22.6 Å². The van der Waals surface area contributed by atoms with E-state index in [0.717, 1.165) is 19.6 Å². The van der Waals surface area contributed by atoms with Crippen molar-refractivity contribution >= 4 is 23.2 Å². The zero-order valence-electron chi connectivity index (χ0n) is 14.8. The number of carbonyl (C=O) groups excluding carboxylic acids is 2. The van der Waals surface area contributed by atoms with E-state index in [1.54, 1.807) is 16.8 Å². The maximum Gasteiger partial charge on any atom is 0.246 e. The summed E-state index contributed by atoms with van der Waals surface area (Å²) in [7, 11) is 1.72. The minimum atomic E-state index is -0.302. The molecule has 0 spiro atoms. The van der Waals surface area contributed by atoms with Crippen LogP contribution in [0.5, 0.6) is 0 Å². The molecular formula is C18H26N4O2S. The minimum Gasteiger partial charge on any atom is -0.335 e. The Labute approximate surface area is 153 Å². The Kier molecular flexibility index (Phi) is 4.80. The lowest BCUT2D eigenvalue weighted by Crippen LogP contribution is -2.65. The van der Waals surface area contributed by atoms with Crippen molar-refractivity contribution in [3.05, 3.63) is 21.9 Å². The number of amides is 2. The van der Waals surface area contributed by atoms with Crippen LogP contribution in [0.25, 0.3) is 0 Å². The van der Waals surface area contributed by atoms with Gasteiger partial charge < -0.3 is 9.80 Å². The van der Waals surface area contributed by atoms with Gasteiger partial charge in [0.25, 0.3) is 0 Å². The lowest BCUT2D eigenvalue weighted by molar-refractivity contribution is -0.158. The third-order valence-corrected chi connectivity index (χ3v) is 6.55. The molecule has 3 aliphatic rings. The van der Waals surface area contributed by atoms with Crippen LogP contribution in [0, 0.1) is 0 Å². The third kappa shape index (κ3) is 3.59. The fraction of sp³-hybridized carbons (Fsp3) is 0.667. The van der Waals surface area contributed by atoms with Crippen molar-refractivity contribution in [1.29, 1.82) is 0 Å². The Morgan fingerprint density at radius 3 is 2.40 bits per heavy atom. The highest BCUT2D eigenvalue weighted by atomic mass is 32.1. The largest absolute Gasteiger partial charge is 0.335 e. The van der Waals surface area contributed by atoms with E-state index in [4.69, 9.17) is 0 Å². The molecule has 2 amide bonds. The maximum absolute atomic E-state index is 12.4. The molecule has 3 fully saturated rings. The summed E-state index contributed by atoms with van der Waals surface area (Å²) in [4.78, 5) is 35.5. The number of thiophene rings is 1. The fourth-order valence-corrected chi connectivity index (χ4v) is 5.20. The van der Waals surface area contributed by atoms with Crippen LogP contribution in [0.15, 0.2) is 12.1 Å². The van der Waals surface area contributed by atoms with E-state index in [9.17, 15) is 9.59 Å². The summed E-state index contributed by atoms with van der Waals surface area (Å²) in [6.45, 7) is 6.77. The smallest absolute Gasteiger partial charge is 0.246 e. The number of nitrogens with zero attached hydrogens (tertiary/aromatic N) is 4. The van der Waals surface area contributed by atoms with Gasteiger partial charge in [-0.1, -0.05) is 0 Å². The fourth-order valence-electron chi connectivity index (χ4n) is 4.09. The number of hydrogen-bond donors (Lipinski definition) is 0. The number of likely N-dealkylation sites (N-methyl/N-ethyl adjacent to an activating group) is 1. The molecule has 136 valence electrons. The topological polar surface area (TPSA) is 47.1 Å². The third-order valence-electron chi connectivity index (χ3n) is 5.49. The molecule has 0 N–H and O–H groups in total. The highest BCUT2D eigenvalue weighted by molar-refractivity contribution is 7.11. The van der Waals surface area contributed by atoms with Crippen molar-refractivity contribution in [3.63, 3.8) is 0 Å². The first-order chi connectivity index (χ1) is 12.1. The van der Waals surface area contributed by atoms with E-state index in [1.807, 2.05) is 11.3 Å². The predicted octanol–water partition coefficient (Wildman–Crippen LogP) is 0.829. The van der Waals surface area contributed by atoms with E-state index in [-0.39, 0.29) is 24.4 Å². The Hall–Kier alpha value is -1.44. The number of piperazine rings is 2. The quantitative estimate of drug-likeness (QED) is 0.796. The summed E-state index contributed by atoms with van der Waals surface area (Å²) in [6.07, 6.45) is 2.65. The van der Waals surface area contributed by atoms with Gasteiger partial charge in [0.2, 0.25) is 11.8 Å². The SMILES string of the molecule is CN1CC(=O)N2CCN(Cc3ccc(CN4CCCC4)s3)C[C@@H]2C1=O. The van der Waals surface area contributed by atoms with Crippen LogP contribution in [0.2, 0.25) is 0 Å². The average Bonchev–Trinajstić information content (AvgIpc) is 3.25. The van der Waals surface area contributed by atoms with Gasteiger partial charge in [0, 0.05) is 49.5 Å². The monoisotopic (exact) mass is 362 g/mol. The molecule has 0 radical (unpaired) electrons. The van der Waals surface area contributed by atoms with Gasteiger partial charge in [0.15, 0.2) is 0 Å². The first kappa shape index (κ1) is 17.0. The molecule has 6 nitrogen and oxygen atoms in total. The van der Waals surface area contributed by atoms with Gasteiger partial charge in [-0.25, -0.2) is 0 Å². The highest BCUT2D eigenvalue weighted by Gasteiger charge is 2.41. The van der Waals surface area contributed by atoms with E-state index < -0.39 is 0 Å². The molecule has 4 rings (SSSR count). The molecule has 0 aromatic carbocycles. The molecule has 4 heterocycles. The summed E-state index contributed by atoms with van der Waals surface area (Å²) in [5.41, 5.74) is 0. The highest BCUT2D eigenvalue weighted by Crippen LogP contribution is 2.24. The van der Waals surface area contributed by atoms with Crippen molar-refractivity contribution in [3.8, 4) is 0 Å². The zero-order chi connectivity index (χ0) is 17.4. The van der Waals surface area contributed by atoms with Gasteiger partial charge in [-0.05, 0) is 38.1 Å². The van der Waals surface area contributed by atoms with Crippen LogP contribution < -0.4 is 0 Å². The zero-order valence-corrected chi connectivity index (χ0v) is 15.6. The standard InChI is InChI=1S/C18H26N4O2S/c1-19-13-17(23)22-9-8-21(12-16(22)18(19)24)11-15-5-4-14(25-15)10-20-6-2-3-7-20/h4-5,16H,2-3,6-13H2,1H3/t16-/m1/s1. The molecule has 1 aromatic heterocycles. The first-order valence-corrected chi connectivity index (χ1v) is 9.98. The van der Waals surface area contributed by atoms with Gasteiger partial charge in [0.05, 0.1) is 6.54 Å². The minimum absolute atomic E-state index is 0.0743. The second-order valence-electron chi connectivity index (χ2n) is 7.38. The number of likely N-dealkylation sites (tertiary alicyclic amines) is 1. The van der Waals surface area contributed by atoms with Crippen molar-refractivity contribution in [2.45, 2.75) is 32.0 Å². The molecule has 1 aromatic rings. The first-order valence-electron chi connectivity index (χ1n) is 9.17. The van der Waals surface area contributed by atoms with Crippen molar-refractivity contribution < 1.29 is 9.59 Å². The van der Waals surface area contributed by atoms with Crippen molar-refractivity contribution in [2.75, 3.05) is 46.3 Å². The summed E-state index contributed by atoms with van der Waals surface area (Å²) in [5.74, 6) is 0.154. The lowest BCUT2D eigenvalue weighted by Gasteiger charge is -2.45. The molecule has 0 saturated carbocycles. The van der Waals surface area contributed by atoms with E-state index in [0.29, 0.717) is 13.1 Å². The summed E-state index contributed by atoms with van der Waals surface area (Å²) in [6, 6.07) is 4.17. The van der Waals surface area contributed by atoms with Crippen LogP contribution in [-0.2, 0) is 22.7 Å². The Morgan fingerprint density at radius 2 is 1.68 bits per heavy atom. The molecule has 0 aliphatic carbocycles. The van der Waals surface area contributed by atoms with Gasteiger partial charge in [-0.15, -0.1) is 11.3 Å². The van der Waals surface area contributed by atoms with Crippen molar-refractivity contribution in [2.24, 2.45) is 0 Å². The Bertz CT molecular complexity index is 655. The van der Waals surface area contributed by atoms with E-state index in [2.05, 4.69) is 21.9 Å². The molecule has 3 aliphatic heterocycles. The van der Waals surface area contributed by atoms with Gasteiger partial charge in [-0.3, -0.25) is 19.4 Å². The second kappa shape index (κ2) is 7.05. The van der Waals surface area contributed by atoms with Gasteiger partial charge in [-0.2, -0.15) is 0 Å². The number of rotatable bonds is 4. The summed E-state index contributed by atoms with van der Waals surface area (Å²) < 4.78 is 0. The molecule has 3 saturated heterocycles. The van der Waals surface area contributed by atoms with Crippen LogP contribution in [-0.4, -0.2) is 83.8 Å². The average molecular weight is 362 g/mol. The normalized spacial score (nSPS) is 25.7. The number of hydrogen-bond acceptors (Lipinski definition) is 5. The van der Waals surface area contributed by atoms with Crippen molar-refractivity contribution in [1.82, 2.24) is 19.6 Å². The number of carbonyl (C=O) groups is 2. The van der Waals surface area contributed by atoms with Gasteiger partial charge >= 0.3 is 0 Å². The van der Waals surface area contributed by atoms with Crippen LogP contribution >= 0.6 is 11.3 Å². The molecule has 0 unspecified atom stereocenters. The molecule has 0 bridgehead atoms. The molecule has 25 heavy (non-hydrogen) atoms. The Balaban J connectivity index is 1.36. The van der Waals surface area contributed by atoms with Crippen LogP contribution in [0.3, 0.4) is 0 Å². The molecular weight excluding hydrogens is 336 g/mol. The number of fused-ring (bicyclic) bond motifs is 1. The maximum atomic E-state index is 12.4. The van der Waals surface area contributed by atoms with Gasteiger partial charge in [0.1, 0.15) is 6.04 Å². The second-order valence-corrected chi connectivity index (χ2v) is 8.64. The van der Waals surface area contributed by atoms with E-state index >= 15 is 0 Å². The predicted molar refractivity (Wildman–Crippen MR) is 97.2 cm³/mol. The molecule has 7 heteroatoms. The summed E-state index contributed by atoms with van der Waals surface area (Å²) in [5, 5.41) is 0. The molecule has 1 atom stereocenters. The summed E-state index contributed by atoms with van der Waals surface area (Å²) >= 11 is 1.89. The Morgan fingerprint density at radius 1 is 1.00 bits per heavy atom. The lowest BCUT2D eigenvalue weighted by atomic mass is 10.1. The van der Waals surface area contributed by atoms with E-state index in [1.165, 1.54) is 35.7 Å².